The van der Waals surface area contributed by atoms with Crippen LogP contribution in [0.4, 0.5) is 0 Å². The summed E-state index contributed by atoms with van der Waals surface area (Å²) in [6, 6.07) is 9.47. The van der Waals surface area contributed by atoms with Crippen molar-refractivity contribution in [2.75, 3.05) is 39.9 Å². The molecule has 2 saturated heterocycles. The first kappa shape index (κ1) is 24.3. The maximum atomic E-state index is 12.5. The lowest BCUT2D eigenvalue weighted by molar-refractivity contribution is -0.136. The van der Waals surface area contributed by atoms with Crippen LogP contribution in [0.5, 0.6) is 0 Å². The molecular formula is C20H31N3O6S. The minimum Gasteiger partial charge on any atom is -0.483 e. The number of benzene rings is 1. The van der Waals surface area contributed by atoms with Crippen LogP contribution in [-0.2, 0) is 30.1 Å². The molecule has 2 atom stereocenters. The number of amides is 1. The molecule has 30 heavy (non-hydrogen) atoms. The van der Waals surface area contributed by atoms with Crippen LogP contribution in [0.2, 0.25) is 0 Å². The van der Waals surface area contributed by atoms with Crippen LogP contribution in [0.3, 0.4) is 0 Å². The second kappa shape index (κ2) is 12.0. The summed E-state index contributed by atoms with van der Waals surface area (Å²) in [5.74, 6) is 0.156. The molecule has 10 heteroatoms. The summed E-state index contributed by atoms with van der Waals surface area (Å²) < 4.78 is 32.7. The Morgan fingerprint density at radius 2 is 1.80 bits per heavy atom. The van der Waals surface area contributed by atoms with Crippen molar-refractivity contribution in [3.63, 3.8) is 0 Å². The first-order chi connectivity index (χ1) is 14.4. The summed E-state index contributed by atoms with van der Waals surface area (Å²) >= 11 is 0. The Kier molecular flexibility index (Phi) is 9.70. The van der Waals surface area contributed by atoms with Crippen molar-refractivity contribution in [3.8, 4) is 0 Å². The number of morpholine rings is 1. The first-order valence-electron chi connectivity index (χ1n) is 10.0. The lowest BCUT2D eigenvalue weighted by Gasteiger charge is -2.30. The Balaban J connectivity index is 0.00000101. The van der Waals surface area contributed by atoms with Gasteiger partial charge in [-0.05, 0) is 25.5 Å². The van der Waals surface area contributed by atoms with Crippen LogP contribution in [0, 0.1) is 0 Å². The molecule has 0 aliphatic carbocycles. The average molecular weight is 442 g/mol. The molecule has 0 aromatic heterocycles. The van der Waals surface area contributed by atoms with Gasteiger partial charge in [-0.25, -0.2) is 13.1 Å². The van der Waals surface area contributed by atoms with E-state index in [0.717, 1.165) is 18.4 Å². The van der Waals surface area contributed by atoms with Crippen LogP contribution >= 0.6 is 0 Å². The van der Waals surface area contributed by atoms with Gasteiger partial charge in [-0.1, -0.05) is 30.3 Å². The van der Waals surface area contributed by atoms with Crippen molar-refractivity contribution < 1.29 is 27.9 Å². The molecule has 1 aromatic carbocycles. The van der Waals surface area contributed by atoms with Gasteiger partial charge in [-0.15, -0.1) is 0 Å². The first-order valence-corrected chi connectivity index (χ1v) is 11.7. The molecule has 2 aliphatic rings. The third kappa shape index (κ3) is 7.67. The zero-order valence-electron chi connectivity index (χ0n) is 17.3. The molecular weight excluding hydrogens is 410 g/mol. The number of likely N-dealkylation sites (N-methyl/N-ethyl adjacent to an activating group) is 1. The van der Waals surface area contributed by atoms with Crippen molar-refractivity contribution in [2.45, 2.75) is 37.1 Å². The van der Waals surface area contributed by atoms with E-state index in [0.29, 0.717) is 39.3 Å². The number of carbonyl (C=O) groups is 2. The number of hydrogen-bond donors (Lipinski definition) is 2. The van der Waals surface area contributed by atoms with Crippen LogP contribution in [-0.4, -0.2) is 87.7 Å². The zero-order valence-corrected chi connectivity index (χ0v) is 18.1. The summed E-state index contributed by atoms with van der Waals surface area (Å²) in [6.07, 6.45) is 2.30. The lowest BCUT2D eigenvalue weighted by Crippen LogP contribution is -2.45. The molecule has 3 rings (SSSR count). The second-order valence-corrected chi connectivity index (χ2v) is 9.25. The fraction of sp³-hybridized carbons (Fsp3) is 0.600. The number of carbonyl (C=O) groups excluding carboxylic acids is 1. The van der Waals surface area contributed by atoms with Crippen molar-refractivity contribution >= 4 is 22.4 Å². The van der Waals surface area contributed by atoms with Crippen LogP contribution < -0.4 is 4.72 Å². The topological polar surface area (TPSA) is 116 Å². The van der Waals surface area contributed by atoms with Crippen molar-refractivity contribution in [3.05, 3.63) is 35.9 Å². The molecule has 2 N–H and O–H groups in total. The molecule has 1 amide bonds. The van der Waals surface area contributed by atoms with Gasteiger partial charge in [0.1, 0.15) is 0 Å². The summed E-state index contributed by atoms with van der Waals surface area (Å²) in [5, 5.41) is 6.89. The van der Waals surface area contributed by atoms with Crippen LogP contribution in [0.1, 0.15) is 24.8 Å². The summed E-state index contributed by atoms with van der Waals surface area (Å²) in [4.78, 5) is 24.8. The van der Waals surface area contributed by atoms with E-state index in [4.69, 9.17) is 14.6 Å². The minimum atomic E-state index is -3.37. The van der Waals surface area contributed by atoms with Gasteiger partial charge in [0.2, 0.25) is 15.9 Å². The maximum Gasteiger partial charge on any atom is 0.290 e. The van der Waals surface area contributed by atoms with E-state index in [1.807, 2.05) is 42.3 Å². The van der Waals surface area contributed by atoms with E-state index in [1.54, 1.807) is 0 Å². The van der Waals surface area contributed by atoms with Gasteiger partial charge in [0.15, 0.2) is 0 Å². The van der Waals surface area contributed by atoms with Crippen LogP contribution in [0.25, 0.3) is 0 Å². The van der Waals surface area contributed by atoms with E-state index in [9.17, 15) is 13.2 Å². The van der Waals surface area contributed by atoms with Gasteiger partial charge < -0.3 is 14.7 Å². The number of nitrogens with one attached hydrogen (secondary N) is 1. The fourth-order valence-electron chi connectivity index (χ4n) is 3.79. The quantitative estimate of drug-likeness (QED) is 0.593. The monoisotopic (exact) mass is 441 g/mol. The highest BCUT2D eigenvalue weighted by molar-refractivity contribution is 7.88. The molecule has 0 spiro atoms. The number of sulfonamides is 1. The Bertz CT molecular complexity index is 768. The standard InChI is InChI=1S/C19H29N3O4S.CH2O2/c1-21-17(13-19(23)22-9-11-26-12-10-22)7-8-18(21)14-20-27(24,25)15-16-5-3-2-4-6-16;2-1-3/h2-6,17-18,20H,7-15H2,1H3;1H,(H,2,3)/t17-,18+;/m1./s1. The maximum absolute atomic E-state index is 12.5. The number of likely N-dealkylation sites (tertiary alicyclic amines) is 1. The molecule has 2 fully saturated rings. The van der Waals surface area contributed by atoms with Crippen molar-refractivity contribution in [1.29, 1.82) is 0 Å². The van der Waals surface area contributed by atoms with Gasteiger partial charge in [0, 0.05) is 38.1 Å². The minimum absolute atomic E-state index is 0.0107. The molecule has 168 valence electrons. The third-order valence-corrected chi connectivity index (χ3v) is 6.82. The van der Waals surface area contributed by atoms with E-state index < -0.39 is 10.0 Å². The molecule has 0 bridgehead atoms. The Labute approximate surface area is 178 Å². The van der Waals surface area contributed by atoms with Crippen molar-refractivity contribution in [1.82, 2.24) is 14.5 Å². The molecule has 2 aliphatic heterocycles. The zero-order chi connectivity index (χ0) is 22.0. The molecule has 1 aromatic rings. The predicted octanol–water partition coefficient (Wildman–Crippen LogP) is 0.519. The number of hydrogen-bond acceptors (Lipinski definition) is 6. The second-order valence-electron chi connectivity index (χ2n) is 7.45. The molecule has 2 heterocycles. The van der Waals surface area contributed by atoms with Gasteiger partial charge in [0.25, 0.3) is 6.47 Å². The molecule has 0 radical (unpaired) electrons. The Hall–Kier alpha value is -2.01. The highest BCUT2D eigenvalue weighted by Crippen LogP contribution is 2.25. The van der Waals surface area contributed by atoms with E-state index in [1.165, 1.54) is 0 Å². The van der Waals surface area contributed by atoms with Crippen molar-refractivity contribution in [2.24, 2.45) is 0 Å². The van der Waals surface area contributed by atoms with Gasteiger partial charge in [-0.2, -0.15) is 0 Å². The SMILES string of the molecule is CN1[C@@H](CC(=O)N2CCOCC2)CC[C@H]1CNS(=O)(=O)Cc1ccccc1.O=CO. The Morgan fingerprint density at radius 1 is 1.20 bits per heavy atom. The fourth-order valence-corrected chi connectivity index (χ4v) is 4.97. The van der Waals surface area contributed by atoms with Gasteiger partial charge in [0.05, 0.1) is 19.0 Å². The molecule has 0 saturated carbocycles. The van der Waals surface area contributed by atoms with E-state index in [-0.39, 0.29) is 30.2 Å². The summed E-state index contributed by atoms with van der Waals surface area (Å²) in [5.41, 5.74) is 0.777. The normalized spacial score (nSPS) is 22.2. The third-order valence-electron chi connectivity index (χ3n) is 5.50. The average Bonchev–Trinajstić information content (AvgIpc) is 3.08. The number of nitrogens with zero attached hydrogens (tertiary/aromatic N) is 2. The number of carboxylic acid groups (broad SMARTS) is 1. The summed E-state index contributed by atoms with van der Waals surface area (Å²) in [6.45, 7) is 2.68. The molecule has 0 unspecified atom stereocenters. The van der Waals surface area contributed by atoms with E-state index >= 15 is 0 Å². The van der Waals surface area contributed by atoms with E-state index in [2.05, 4.69) is 9.62 Å². The highest BCUT2D eigenvalue weighted by atomic mass is 32.2. The lowest BCUT2D eigenvalue weighted by atomic mass is 10.1. The predicted molar refractivity (Wildman–Crippen MR) is 112 cm³/mol. The largest absolute Gasteiger partial charge is 0.483 e. The Morgan fingerprint density at radius 3 is 2.43 bits per heavy atom. The summed E-state index contributed by atoms with van der Waals surface area (Å²) in [7, 11) is -1.38. The molecule has 9 nitrogen and oxygen atoms in total. The van der Waals surface area contributed by atoms with Gasteiger partial charge >= 0.3 is 0 Å². The highest BCUT2D eigenvalue weighted by Gasteiger charge is 2.33. The van der Waals surface area contributed by atoms with Crippen LogP contribution in [0.15, 0.2) is 30.3 Å². The van der Waals surface area contributed by atoms with Gasteiger partial charge in [-0.3, -0.25) is 14.5 Å². The smallest absolute Gasteiger partial charge is 0.290 e. The number of ether oxygens (including phenoxy) is 1. The number of rotatable bonds is 7.